The van der Waals surface area contributed by atoms with Crippen molar-refractivity contribution in [3.63, 3.8) is 0 Å². The molecule has 2 N–H and O–H groups in total. The van der Waals surface area contributed by atoms with Crippen LogP contribution in [0.2, 0.25) is 5.02 Å². The van der Waals surface area contributed by atoms with Crippen molar-refractivity contribution in [2.24, 2.45) is 0 Å². The zero-order valence-corrected chi connectivity index (χ0v) is 15.8. The van der Waals surface area contributed by atoms with E-state index in [0.717, 1.165) is 12.0 Å². The number of carbonyl (C=O) groups excluding carboxylic acids is 1. The highest BCUT2D eigenvalue weighted by atomic mass is 35.5. The summed E-state index contributed by atoms with van der Waals surface area (Å²) in [4.78, 5) is 22.7. The van der Waals surface area contributed by atoms with Gasteiger partial charge in [-0.1, -0.05) is 23.7 Å². The lowest BCUT2D eigenvalue weighted by Crippen LogP contribution is -2.30. The first kappa shape index (κ1) is 19.8. The molecule has 1 amide bonds. The number of amides is 1. The molecule has 28 heavy (non-hydrogen) atoms. The minimum absolute atomic E-state index is 0.00401. The number of hydrogen-bond donors (Lipinski definition) is 2. The quantitative estimate of drug-likeness (QED) is 0.416. The van der Waals surface area contributed by atoms with Crippen LogP contribution in [0.5, 0.6) is 11.5 Å². The number of carbonyl (C=O) groups is 1. The monoisotopic (exact) mass is 405 g/mol. The van der Waals surface area contributed by atoms with Crippen LogP contribution in [0.3, 0.4) is 0 Å². The molecule has 0 fully saturated rings. The zero-order chi connectivity index (χ0) is 19.9. The molecule has 1 aliphatic rings. The summed E-state index contributed by atoms with van der Waals surface area (Å²) < 4.78 is 11.2. The van der Waals surface area contributed by atoms with Gasteiger partial charge < -0.3 is 20.1 Å². The lowest BCUT2D eigenvalue weighted by atomic mass is 10.1. The average molecular weight is 406 g/mol. The fourth-order valence-corrected chi connectivity index (χ4v) is 3.10. The third-order valence-electron chi connectivity index (χ3n) is 4.09. The molecule has 0 radical (unpaired) electrons. The Hall–Kier alpha value is -3.00. The molecule has 8 nitrogen and oxygen atoms in total. The summed E-state index contributed by atoms with van der Waals surface area (Å²) in [6.45, 7) is 1.76. The van der Waals surface area contributed by atoms with Crippen molar-refractivity contribution < 1.29 is 19.2 Å². The van der Waals surface area contributed by atoms with E-state index in [1.54, 1.807) is 30.3 Å². The van der Waals surface area contributed by atoms with Crippen LogP contribution in [0, 0.1) is 10.1 Å². The second kappa shape index (κ2) is 9.27. The molecular weight excluding hydrogens is 386 g/mol. The minimum atomic E-state index is -0.450. The lowest BCUT2D eigenvalue weighted by molar-refractivity contribution is -0.384. The second-order valence-corrected chi connectivity index (χ2v) is 6.59. The van der Waals surface area contributed by atoms with E-state index >= 15 is 0 Å². The first-order valence-corrected chi connectivity index (χ1v) is 9.24. The van der Waals surface area contributed by atoms with E-state index in [1.807, 2.05) is 0 Å². The molecule has 0 saturated carbocycles. The number of halogens is 1. The molecule has 1 aliphatic heterocycles. The topological polar surface area (TPSA) is 103 Å². The van der Waals surface area contributed by atoms with Gasteiger partial charge in [-0.15, -0.1) is 0 Å². The standard InChI is InChI=1S/C19H20ClN3O5/c20-14-10-13(11-17-19(14)28-9-3-8-27-17)12-18(24)22-7-6-21-15-4-1-2-5-16(15)23(25)26/h1-2,4-5,10-11,21H,3,6-9,12H2,(H,22,24). The highest BCUT2D eigenvalue weighted by Crippen LogP contribution is 2.38. The van der Waals surface area contributed by atoms with E-state index in [0.29, 0.717) is 48.5 Å². The van der Waals surface area contributed by atoms with Crippen LogP contribution in [0.4, 0.5) is 11.4 Å². The smallest absolute Gasteiger partial charge is 0.292 e. The van der Waals surface area contributed by atoms with Gasteiger partial charge in [-0.2, -0.15) is 0 Å². The van der Waals surface area contributed by atoms with Gasteiger partial charge in [0.25, 0.3) is 5.69 Å². The van der Waals surface area contributed by atoms with Crippen molar-refractivity contribution >= 4 is 28.9 Å². The SMILES string of the molecule is O=C(Cc1cc(Cl)c2c(c1)OCCCO2)NCCNc1ccccc1[N+](=O)[O-]. The third-order valence-corrected chi connectivity index (χ3v) is 4.37. The van der Waals surface area contributed by atoms with Crippen LogP contribution in [0.25, 0.3) is 0 Å². The summed E-state index contributed by atoms with van der Waals surface area (Å²) >= 11 is 6.24. The summed E-state index contributed by atoms with van der Waals surface area (Å²) in [5, 5.41) is 17.1. The zero-order valence-electron chi connectivity index (χ0n) is 15.1. The summed E-state index contributed by atoms with van der Waals surface area (Å²) in [6.07, 6.45) is 0.912. The Balaban J connectivity index is 1.51. The summed E-state index contributed by atoms with van der Waals surface area (Å²) in [6, 6.07) is 9.82. The Morgan fingerprint density at radius 1 is 1.18 bits per heavy atom. The fourth-order valence-electron chi connectivity index (χ4n) is 2.82. The molecule has 0 bridgehead atoms. The van der Waals surface area contributed by atoms with Gasteiger partial charge in [-0.3, -0.25) is 14.9 Å². The Labute approximate surface area is 166 Å². The number of para-hydroxylation sites is 2. The second-order valence-electron chi connectivity index (χ2n) is 6.18. The highest BCUT2D eigenvalue weighted by molar-refractivity contribution is 6.32. The van der Waals surface area contributed by atoms with Gasteiger partial charge in [0.2, 0.25) is 5.91 Å². The number of anilines is 1. The van der Waals surface area contributed by atoms with Gasteiger partial charge in [-0.25, -0.2) is 0 Å². The maximum absolute atomic E-state index is 12.2. The maximum atomic E-state index is 12.2. The van der Waals surface area contributed by atoms with Crippen molar-refractivity contribution in [1.29, 1.82) is 0 Å². The molecule has 2 aromatic rings. The van der Waals surface area contributed by atoms with Gasteiger partial charge in [0.15, 0.2) is 11.5 Å². The molecule has 0 spiro atoms. The number of nitro benzene ring substituents is 1. The summed E-state index contributed by atoms with van der Waals surface area (Å²) in [5.74, 6) is 0.873. The van der Waals surface area contributed by atoms with Gasteiger partial charge >= 0.3 is 0 Å². The van der Waals surface area contributed by atoms with Crippen LogP contribution < -0.4 is 20.1 Å². The number of nitrogens with zero attached hydrogens (tertiary/aromatic N) is 1. The molecule has 3 rings (SSSR count). The molecule has 0 aromatic heterocycles. The van der Waals surface area contributed by atoms with Crippen LogP contribution >= 0.6 is 11.6 Å². The van der Waals surface area contributed by atoms with E-state index in [-0.39, 0.29) is 18.0 Å². The molecule has 0 atom stereocenters. The van der Waals surface area contributed by atoms with Crippen molar-refractivity contribution in [2.75, 3.05) is 31.6 Å². The Morgan fingerprint density at radius 2 is 1.96 bits per heavy atom. The Bertz CT molecular complexity index is 875. The highest BCUT2D eigenvalue weighted by Gasteiger charge is 2.17. The van der Waals surface area contributed by atoms with E-state index < -0.39 is 4.92 Å². The number of nitro groups is 1. The minimum Gasteiger partial charge on any atom is -0.489 e. The largest absolute Gasteiger partial charge is 0.489 e. The molecule has 148 valence electrons. The first-order valence-electron chi connectivity index (χ1n) is 8.86. The molecule has 2 aromatic carbocycles. The van der Waals surface area contributed by atoms with E-state index in [2.05, 4.69) is 10.6 Å². The summed E-state index contributed by atoms with van der Waals surface area (Å²) in [5.41, 5.74) is 1.13. The normalized spacial score (nSPS) is 12.8. The number of benzene rings is 2. The molecule has 0 aliphatic carbocycles. The molecule has 0 saturated heterocycles. The predicted octanol–water partition coefficient (Wildman–Crippen LogP) is 3.18. The van der Waals surface area contributed by atoms with Crippen molar-refractivity contribution in [3.8, 4) is 11.5 Å². The summed E-state index contributed by atoms with van der Waals surface area (Å²) in [7, 11) is 0. The number of fused-ring (bicyclic) bond motifs is 1. The number of nitrogens with one attached hydrogen (secondary N) is 2. The van der Waals surface area contributed by atoms with Gasteiger partial charge in [0.05, 0.1) is 29.6 Å². The fraction of sp³-hybridized carbons (Fsp3) is 0.316. The van der Waals surface area contributed by atoms with Gasteiger partial charge in [0, 0.05) is 25.6 Å². The van der Waals surface area contributed by atoms with E-state index in [4.69, 9.17) is 21.1 Å². The van der Waals surface area contributed by atoms with Crippen LogP contribution in [-0.4, -0.2) is 37.1 Å². The molecule has 0 unspecified atom stereocenters. The first-order chi connectivity index (χ1) is 13.5. The average Bonchev–Trinajstić information content (AvgIpc) is 2.91. The van der Waals surface area contributed by atoms with Gasteiger partial charge in [0.1, 0.15) is 5.69 Å². The van der Waals surface area contributed by atoms with E-state index in [1.165, 1.54) is 6.07 Å². The molecule has 1 heterocycles. The third kappa shape index (κ3) is 5.04. The lowest BCUT2D eigenvalue weighted by Gasteiger charge is -2.12. The predicted molar refractivity (Wildman–Crippen MR) is 105 cm³/mol. The van der Waals surface area contributed by atoms with Crippen molar-refractivity contribution in [1.82, 2.24) is 5.32 Å². The van der Waals surface area contributed by atoms with Crippen LogP contribution in [0.15, 0.2) is 36.4 Å². The van der Waals surface area contributed by atoms with Crippen molar-refractivity contribution in [2.45, 2.75) is 12.8 Å². The maximum Gasteiger partial charge on any atom is 0.292 e. The van der Waals surface area contributed by atoms with E-state index in [9.17, 15) is 14.9 Å². The number of hydrogen-bond acceptors (Lipinski definition) is 6. The molecular formula is C19H20ClN3O5. The Kier molecular flexibility index (Phi) is 6.54. The van der Waals surface area contributed by atoms with Crippen molar-refractivity contribution in [3.05, 3.63) is 57.1 Å². The van der Waals surface area contributed by atoms with Crippen LogP contribution in [-0.2, 0) is 11.2 Å². The van der Waals surface area contributed by atoms with Crippen LogP contribution in [0.1, 0.15) is 12.0 Å². The number of rotatable bonds is 7. The number of ether oxygens (including phenoxy) is 2. The Morgan fingerprint density at radius 3 is 2.79 bits per heavy atom. The molecule has 9 heteroatoms. The van der Waals surface area contributed by atoms with Gasteiger partial charge in [-0.05, 0) is 23.8 Å².